The highest BCUT2D eigenvalue weighted by atomic mass is 32.2. The molecule has 1 aromatic carbocycles. The van der Waals surface area contributed by atoms with E-state index in [0.717, 1.165) is 12.0 Å². The Morgan fingerprint density at radius 1 is 1.43 bits per heavy atom. The molecule has 5 heteroatoms. The molecule has 0 heterocycles. The van der Waals surface area contributed by atoms with Crippen molar-refractivity contribution >= 4 is 17.8 Å². The number of carbonyl (C=O) groups excluding carboxylic acids is 1. The maximum Gasteiger partial charge on any atom is 0.315 e. The molecule has 0 fully saturated rings. The molecular weight excluding hydrogens is 284 g/mol. The standard InChI is InChI=1S/C16H22N2O2S/c1-11-3-5-13(15(7-11)21-2)9-17-16(20)18-14-6-4-12(8-14)10-19/h3-7,12,14,19H,8-10H2,1-2H3,(H2,17,18,20)/t12-,14+/m0/s1. The monoisotopic (exact) mass is 306 g/mol. The van der Waals surface area contributed by atoms with Crippen LogP contribution in [0.15, 0.2) is 35.2 Å². The number of rotatable bonds is 5. The average molecular weight is 306 g/mol. The van der Waals surface area contributed by atoms with Crippen LogP contribution < -0.4 is 10.6 Å². The Kier molecular flexibility index (Phi) is 5.70. The van der Waals surface area contributed by atoms with Gasteiger partial charge in [-0.25, -0.2) is 4.79 Å². The first-order valence-electron chi connectivity index (χ1n) is 7.09. The van der Waals surface area contributed by atoms with Gasteiger partial charge in [0.2, 0.25) is 0 Å². The van der Waals surface area contributed by atoms with Crippen LogP contribution in [0.5, 0.6) is 0 Å². The maximum atomic E-state index is 11.9. The van der Waals surface area contributed by atoms with Crippen molar-refractivity contribution in [2.75, 3.05) is 12.9 Å². The fourth-order valence-electron chi connectivity index (χ4n) is 2.41. The molecule has 0 spiro atoms. The molecule has 0 bridgehead atoms. The minimum atomic E-state index is -0.170. The number of hydrogen-bond donors (Lipinski definition) is 3. The lowest BCUT2D eigenvalue weighted by Gasteiger charge is -2.14. The Morgan fingerprint density at radius 2 is 2.24 bits per heavy atom. The van der Waals surface area contributed by atoms with Crippen LogP contribution in [0.2, 0.25) is 0 Å². The van der Waals surface area contributed by atoms with Crippen LogP contribution in [0.25, 0.3) is 0 Å². The van der Waals surface area contributed by atoms with Crippen molar-refractivity contribution in [1.29, 1.82) is 0 Å². The zero-order valence-corrected chi connectivity index (χ0v) is 13.2. The molecule has 114 valence electrons. The second-order valence-electron chi connectivity index (χ2n) is 5.31. The summed E-state index contributed by atoms with van der Waals surface area (Å²) in [6.45, 7) is 2.71. The van der Waals surface area contributed by atoms with Crippen LogP contribution >= 0.6 is 11.8 Å². The Bertz CT molecular complexity index is 531. The summed E-state index contributed by atoms with van der Waals surface area (Å²) in [5.41, 5.74) is 2.34. The van der Waals surface area contributed by atoms with Crippen LogP contribution in [0.1, 0.15) is 17.5 Å². The van der Waals surface area contributed by atoms with Crippen molar-refractivity contribution in [1.82, 2.24) is 10.6 Å². The number of hydrogen-bond acceptors (Lipinski definition) is 3. The third kappa shape index (κ3) is 4.51. The van der Waals surface area contributed by atoms with E-state index in [1.807, 2.05) is 18.4 Å². The number of thioether (sulfide) groups is 1. The van der Waals surface area contributed by atoms with E-state index in [1.54, 1.807) is 11.8 Å². The highest BCUT2D eigenvalue weighted by molar-refractivity contribution is 7.98. The van der Waals surface area contributed by atoms with Crippen LogP contribution in [0.4, 0.5) is 4.79 Å². The number of urea groups is 1. The predicted molar refractivity (Wildman–Crippen MR) is 86.5 cm³/mol. The molecule has 1 aliphatic carbocycles. The van der Waals surface area contributed by atoms with Gasteiger partial charge in [0, 0.05) is 30.0 Å². The minimum absolute atomic E-state index is 0.0141. The molecule has 4 nitrogen and oxygen atoms in total. The average Bonchev–Trinajstić information content (AvgIpc) is 2.93. The van der Waals surface area contributed by atoms with Crippen molar-refractivity contribution in [2.24, 2.45) is 5.92 Å². The third-order valence-corrected chi connectivity index (χ3v) is 4.43. The van der Waals surface area contributed by atoms with Gasteiger partial charge in [-0.05, 0) is 36.8 Å². The number of aliphatic hydroxyl groups is 1. The van der Waals surface area contributed by atoms with E-state index in [2.05, 4.69) is 35.8 Å². The van der Waals surface area contributed by atoms with E-state index >= 15 is 0 Å². The Morgan fingerprint density at radius 3 is 2.90 bits per heavy atom. The lowest BCUT2D eigenvalue weighted by Crippen LogP contribution is -2.40. The van der Waals surface area contributed by atoms with E-state index in [-0.39, 0.29) is 24.6 Å². The van der Waals surface area contributed by atoms with Gasteiger partial charge < -0.3 is 15.7 Å². The van der Waals surface area contributed by atoms with Crippen molar-refractivity contribution in [2.45, 2.75) is 30.8 Å². The largest absolute Gasteiger partial charge is 0.396 e. The van der Waals surface area contributed by atoms with Gasteiger partial charge in [-0.15, -0.1) is 11.8 Å². The number of benzene rings is 1. The zero-order chi connectivity index (χ0) is 15.2. The molecule has 0 saturated heterocycles. The SMILES string of the molecule is CSc1cc(C)ccc1CNC(=O)N[C@@H]1C=C[C@H](CO)C1. The van der Waals surface area contributed by atoms with Crippen molar-refractivity contribution in [3.8, 4) is 0 Å². The summed E-state index contributed by atoms with van der Waals surface area (Å²) >= 11 is 1.69. The summed E-state index contributed by atoms with van der Waals surface area (Å²) in [5.74, 6) is 0.162. The Balaban J connectivity index is 1.83. The van der Waals surface area contributed by atoms with Gasteiger partial charge >= 0.3 is 6.03 Å². The number of carbonyl (C=O) groups is 1. The topological polar surface area (TPSA) is 61.4 Å². The van der Waals surface area contributed by atoms with Crippen LogP contribution in [0, 0.1) is 12.8 Å². The molecule has 2 atom stereocenters. The van der Waals surface area contributed by atoms with Crippen LogP contribution in [-0.4, -0.2) is 30.0 Å². The van der Waals surface area contributed by atoms with Gasteiger partial charge in [0.05, 0.1) is 0 Å². The number of nitrogens with one attached hydrogen (secondary N) is 2. The Labute approximate surface area is 130 Å². The third-order valence-electron chi connectivity index (χ3n) is 3.61. The first-order valence-corrected chi connectivity index (χ1v) is 8.32. The molecule has 2 amide bonds. The Hall–Kier alpha value is -1.46. The molecule has 0 radical (unpaired) electrons. The number of aliphatic hydroxyl groups excluding tert-OH is 1. The summed E-state index contributed by atoms with van der Waals surface area (Å²) < 4.78 is 0. The molecule has 0 aromatic heterocycles. The summed E-state index contributed by atoms with van der Waals surface area (Å²) in [5, 5.41) is 14.9. The van der Waals surface area contributed by atoms with Gasteiger partial charge in [-0.2, -0.15) is 0 Å². The van der Waals surface area contributed by atoms with E-state index in [1.165, 1.54) is 10.5 Å². The van der Waals surface area contributed by atoms with E-state index in [9.17, 15) is 4.79 Å². The van der Waals surface area contributed by atoms with Crippen LogP contribution in [0.3, 0.4) is 0 Å². The van der Waals surface area contributed by atoms with Crippen molar-refractivity contribution in [3.05, 3.63) is 41.5 Å². The molecule has 2 rings (SSSR count). The molecule has 0 aliphatic heterocycles. The second-order valence-corrected chi connectivity index (χ2v) is 6.16. The highest BCUT2D eigenvalue weighted by Gasteiger charge is 2.19. The molecular formula is C16H22N2O2S. The fraction of sp³-hybridized carbons (Fsp3) is 0.438. The van der Waals surface area contributed by atoms with Crippen LogP contribution in [-0.2, 0) is 6.54 Å². The molecule has 0 saturated carbocycles. The second kappa shape index (κ2) is 7.52. The molecule has 3 N–H and O–H groups in total. The van der Waals surface area contributed by atoms with E-state index in [0.29, 0.717) is 6.54 Å². The maximum absolute atomic E-state index is 11.9. The highest BCUT2D eigenvalue weighted by Crippen LogP contribution is 2.21. The molecule has 0 unspecified atom stereocenters. The first kappa shape index (κ1) is 15.9. The van der Waals surface area contributed by atoms with Crippen molar-refractivity contribution in [3.63, 3.8) is 0 Å². The van der Waals surface area contributed by atoms with Crippen molar-refractivity contribution < 1.29 is 9.90 Å². The minimum Gasteiger partial charge on any atom is -0.396 e. The van der Waals surface area contributed by atoms with Gasteiger partial charge in [0.25, 0.3) is 0 Å². The smallest absolute Gasteiger partial charge is 0.315 e. The summed E-state index contributed by atoms with van der Waals surface area (Å²) in [6.07, 6.45) is 6.71. The normalized spacial score (nSPS) is 20.5. The quantitative estimate of drug-likeness (QED) is 0.578. The predicted octanol–water partition coefficient (Wildman–Crippen LogP) is 2.45. The van der Waals surface area contributed by atoms with Gasteiger partial charge in [0.1, 0.15) is 0 Å². The summed E-state index contributed by atoms with van der Waals surface area (Å²) in [4.78, 5) is 13.1. The first-order chi connectivity index (χ1) is 10.1. The van der Waals surface area contributed by atoms with E-state index in [4.69, 9.17) is 5.11 Å². The number of aryl methyl sites for hydroxylation is 1. The lowest BCUT2D eigenvalue weighted by molar-refractivity contribution is 0.231. The van der Waals surface area contributed by atoms with Gasteiger partial charge in [0.15, 0.2) is 0 Å². The zero-order valence-electron chi connectivity index (χ0n) is 12.4. The van der Waals surface area contributed by atoms with E-state index < -0.39 is 0 Å². The number of amides is 2. The lowest BCUT2D eigenvalue weighted by atomic mass is 10.1. The fourth-order valence-corrected chi connectivity index (χ4v) is 3.12. The van der Waals surface area contributed by atoms with Gasteiger partial charge in [-0.3, -0.25) is 0 Å². The molecule has 1 aliphatic rings. The summed E-state index contributed by atoms with van der Waals surface area (Å²) in [6, 6.07) is 6.08. The van der Waals surface area contributed by atoms with Gasteiger partial charge in [-0.1, -0.05) is 24.3 Å². The molecule has 1 aromatic rings. The summed E-state index contributed by atoms with van der Waals surface area (Å²) in [7, 11) is 0. The molecule has 21 heavy (non-hydrogen) atoms.